The van der Waals surface area contributed by atoms with Gasteiger partial charge in [-0.2, -0.15) is 5.26 Å². The van der Waals surface area contributed by atoms with E-state index in [-0.39, 0.29) is 6.61 Å². The van der Waals surface area contributed by atoms with E-state index in [1.54, 1.807) is 18.2 Å². The SMILES string of the molecule is N#Cc1ccc(Cn2c(CO)nc3cc(OCc4ccccc4)c(Cl)cc32)cc1. The maximum Gasteiger partial charge on any atom is 0.140 e. The lowest BCUT2D eigenvalue weighted by Crippen LogP contribution is -2.05. The summed E-state index contributed by atoms with van der Waals surface area (Å²) >= 11 is 6.47. The van der Waals surface area contributed by atoms with Crippen molar-refractivity contribution in [1.82, 2.24) is 9.55 Å². The number of fused-ring (bicyclic) bond motifs is 1. The van der Waals surface area contributed by atoms with E-state index in [1.807, 2.05) is 53.1 Å². The molecular formula is C23H18ClN3O2. The second-order valence-corrected chi connectivity index (χ2v) is 7.03. The van der Waals surface area contributed by atoms with Crippen molar-refractivity contribution < 1.29 is 9.84 Å². The summed E-state index contributed by atoms with van der Waals surface area (Å²) in [5, 5.41) is 19.2. The summed E-state index contributed by atoms with van der Waals surface area (Å²) in [6.45, 7) is 0.728. The first-order valence-corrected chi connectivity index (χ1v) is 9.51. The summed E-state index contributed by atoms with van der Waals surface area (Å²) < 4.78 is 7.80. The van der Waals surface area contributed by atoms with E-state index in [0.717, 1.165) is 16.6 Å². The Kier molecular flexibility index (Phi) is 5.48. The molecule has 1 N–H and O–H groups in total. The summed E-state index contributed by atoms with van der Waals surface area (Å²) in [5.74, 6) is 1.09. The van der Waals surface area contributed by atoms with Crippen LogP contribution in [0.4, 0.5) is 0 Å². The van der Waals surface area contributed by atoms with Gasteiger partial charge in [-0.1, -0.05) is 54.1 Å². The predicted octanol–water partition coefficient (Wildman–Crippen LogP) is 4.68. The molecule has 0 amide bonds. The molecule has 0 aliphatic heterocycles. The minimum Gasteiger partial charge on any atom is -0.487 e. The zero-order chi connectivity index (χ0) is 20.2. The van der Waals surface area contributed by atoms with Gasteiger partial charge in [0.1, 0.15) is 24.8 Å². The van der Waals surface area contributed by atoms with Crippen molar-refractivity contribution in [2.75, 3.05) is 0 Å². The van der Waals surface area contributed by atoms with Gasteiger partial charge >= 0.3 is 0 Å². The number of aliphatic hydroxyl groups is 1. The summed E-state index contributed by atoms with van der Waals surface area (Å²) in [6.07, 6.45) is 0. The first kappa shape index (κ1) is 19.0. The molecule has 4 rings (SSSR count). The maximum absolute atomic E-state index is 9.78. The third-order valence-corrected chi connectivity index (χ3v) is 4.98. The van der Waals surface area contributed by atoms with Crippen molar-refractivity contribution in [3.05, 3.63) is 94.3 Å². The van der Waals surface area contributed by atoms with Crippen LogP contribution in [0.2, 0.25) is 5.02 Å². The fraction of sp³-hybridized carbons (Fsp3) is 0.130. The average Bonchev–Trinajstić information content (AvgIpc) is 3.09. The third kappa shape index (κ3) is 4.09. The van der Waals surface area contributed by atoms with E-state index in [0.29, 0.717) is 40.8 Å². The average molecular weight is 404 g/mol. The molecule has 0 spiro atoms. The highest BCUT2D eigenvalue weighted by Gasteiger charge is 2.14. The number of aromatic nitrogens is 2. The molecule has 144 valence electrons. The number of halogens is 1. The second kappa shape index (κ2) is 8.36. The number of hydrogen-bond acceptors (Lipinski definition) is 4. The van der Waals surface area contributed by atoms with E-state index < -0.39 is 0 Å². The van der Waals surface area contributed by atoms with Crippen LogP contribution in [0.15, 0.2) is 66.7 Å². The maximum atomic E-state index is 9.78. The van der Waals surface area contributed by atoms with E-state index >= 15 is 0 Å². The van der Waals surface area contributed by atoms with Gasteiger partial charge in [-0.3, -0.25) is 0 Å². The van der Waals surface area contributed by atoms with Gasteiger partial charge in [0.15, 0.2) is 0 Å². The number of nitrogens with zero attached hydrogens (tertiary/aromatic N) is 3. The van der Waals surface area contributed by atoms with Gasteiger partial charge in [-0.25, -0.2) is 4.98 Å². The molecule has 4 aromatic rings. The molecule has 1 heterocycles. The van der Waals surface area contributed by atoms with Crippen molar-refractivity contribution in [2.45, 2.75) is 19.8 Å². The molecule has 0 saturated heterocycles. The zero-order valence-electron chi connectivity index (χ0n) is 15.5. The topological polar surface area (TPSA) is 71.1 Å². The Bertz CT molecular complexity index is 1180. The van der Waals surface area contributed by atoms with Gasteiger partial charge in [-0.05, 0) is 29.3 Å². The van der Waals surface area contributed by atoms with Crippen molar-refractivity contribution in [3.8, 4) is 11.8 Å². The van der Waals surface area contributed by atoms with E-state index in [2.05, 4.69) is 11.1 Å². The summed E-state index contributed by atoms with van der Waals surface area (Å²) in [6, 6.07) is 22.9. The highest BCUT2D eigenvalue weighted by Crippen LogP contribution is 2.31. The number of imidazole rings is 1. The Labute approximate surface area is 173 Å². The van der Waals surface area contributed by atoms with Gasteiger partial charge in [-0.15, -0.1) is 0 Å². The van der Waals surface area contributed by atoms with Crippen LogP contribution in [0.3, 0.4) is 0 Å². The third-order valence-electron chi connectivity index (χ3n) is 4.68. The van der Waals surface area contributed by atoms with Crippen molar-refractivity contribution in [1.29, 1.82) is 5.26 Å². The molecule has 0 unspecified atom stereocenters. The van der Waals surface area contributed by atoms with Gasteiger partial charge in [0, 0.05) is 12.6 Å². The predicted molar refractivity (Wildman–Crippen MR) is 112 cm³/mol. The van der Waals surface area contributed by atoms with Crippen LogP contribution in [-0.2, 0) is 19.8 Å². The van der Waals surface area contributed by atoms with Crippen molar-refractivity contribution in [2.24, 2.45) is 0 Å². The number of nitriles is 1. The Morgan fingerprint density at radius 1 is 1.03 bits per heavy atom. The summed E-state index contributed by atoms with van der Waals surface area (Å²) in [5.41, 5.74) is 4.17. The van der Waals surface area contributed by atoms with Crippen LogP contribution < -0.4 is 4.74 Å². The summed E-state index contributed by atoms with van der Waals surface area (Å²) in [4.78, 5) is 4.54. The molecule has 29 heavy (non-hydrogen) atoms. The highest BCUT2D eigenvalue weighted by atomic mass is 35.5. The minimum absolute atomic E-state index is 0.192. The van der Waals surface area contributed by atoms with Gasteiger partial charge in [0.2, 0.25) is 0 Å². The number of rotatable bonds is 6. The zero-order valence-corrected chi connectivity index (χ0v) is 16.3. The Morgan fingerprint density at radius 3 is 2.48 bits per heavy atom. The lowest BCUT2D eigenvalue weighted by atomic mass is 10.1. The quantitative estimate of drug-likeness (QED) is 0.507. The molecule has 3 aromatic carbocycles. The van der Waals surface area contributed by atoms with Crippen LogP contribution >= 0.6 is 11.6 Å². The lowest BCUT2D eigenvalue weighted by molar-refractivity contribution is 0.267. The molecule has 0 saturated carbocycles. The minimum atomic E-state index is -0.192. The molecule has 0 bridgehead atoms. The molecule has 5 nitrogen and oxygen atoms in total. The van der Waals surface area contributed by atoms with Crippen LogP contribution in [-0.4, -0.2) is 14.7 Å². The smallest absolute Gasteiger partial charge is 0.140 e. The first-order valence-electron chi connectivity index (χ1n) is 9.13. The molecule has 0 aliphatic carbocycles. The number of ether oxygens (including phenoxy) is 1. The highest BCUT2D eigenvalue weighted by molar-refractivity contribution is 6.32. The molecule has 0 aliphatic rings. The Hall–Kier alpha value is -3.33. The van der Waals surface area contributed by atoms with E-state index in [9.17, 15) is 5.11 Å². The number of hydrogen-bond donors (Lipinski definition) is 1. The van der Waals surface area contributed by atoms with Gasteiger partial charge in [0.25, 0.3) is 0 Å². The molecule has 0 fully saturated rings. The molecule has 6 heteroatoms. The number of aliphatic hydroxyl groups excluding tert-OH is 1. The van der Waals surface area contributed by atoms with E-state index in [4.69, 9.17) is 21.6 Å². The van der Waals surface area contributed by atoms with Crippen molar-refractivity contribution >= 4 is 22.6 Å². The summed E-state index contributed by atoms with van der Waals surface area (Å²) in [7, 11) is 0. The van der Waals surface area contributed by atoms with Crippen LogP contribution in [0.5, 0.6) is 5.75 Å². The van der Waals surface area contributed by atoms with Crippen LogP contribution in [0.25, 0.3) is 11.0 Å². The first-order chi connectivity index (χ1) is 14.2. The van der Waals surface area contributed by atoms with E-state index in [1.165, 1.54) is 0 Å². The normalized spacial score (nSPS) is 10.8. The van der Waals surface area contributed by atoms with Crippen LogP contribution in [0.1, 0.15) is 22.5 Å². The molecule has 0 atom stereocenters. The van der Waals surface area contributed by atoms with Gasteiger partial charge in [0.05, 0.1) is 27.7 Å². The number of benzene rings is 3. The van der Waals surface area contributed by atoms with Crippen LogP contribution in [0, 0.1) is 11.3 Å². The van der Waals surface area contributed by atoms with Crippen molar-refractivity contribution in [3.63, 3.8) is 0 Å². The molecular weight excluding hydrogens is 386 g/mol. The lowest BCUT2D eigenvalue weighted by Gasteiger charge is -2.10. The Balaban J connectivity index is 1.64. The standard InChI is InChI=1S/C23H18ClN3O2/c24-19-10-21-20(11-22(19)29-15-18-4-2-1-3-5-18)26-23(14-28)27(21)13-17-8-6-16(12-25)7-9-17/h1-11,28H,13-15H2. The fourth-order valence-corrected chi connectivity index (χ4v) is 3.40. The fourth-order valence-electron chi connectivity index (χ4n) is 3.19. The van der Waals surface area contributed by atoms with Gasteiger partial charge < -0.3 is 14.4 Å². The second-order valence-electron chi connectivity index (χ2n) is 6.63. The molecule has 0 radical (unpaired) electrons. The molecule has 1 aromatic heterocycles. The monoisotopic (exact) mass is 403 g/mol. The largest absolute Gasteiger partial charge is 0.487 e. The Morgan fingerprint density at radius 2 is 1.79 bits per heavy atom.